The molecular weight excluding hydrogens is 470 g/mol. The molecule has 0 unspecified atom stereocenters. The molecule has 0 saturated heterocycles. The molecule has 2 N–H and O–H groups in total. The summed E-state index contributed by atoms with van der Waals surface area (Å²) in [5, 5.41) is 15.5. The number of nitrogens with zero attached hydrogens (tertiary/aromatic N) is 5. The van der Waals surface area contributed by atoms with Gasteiger partial charge < -0.3 is 15.4 Å². The Morgan fingerprint density at radius 3 is 2.66 bits per heavy atom. The highest BCUT2D eigenvalue weighted by Crippen LogP contribution is 2.31. The van der Waals surface area contributed by atoms with E-state index in [1.807, 2.05) is 19.9 Å². The Morgan fingerprint density at radius 2 is 2.00 bits per heavy atom. The molecule has 1 aromatic carbocycles. The average Bonchev–Trinajstić information content (AvgIpc) is 3.43. The molecule has 4 rings (SSSR count). The van der Waals surface area contributed by atoms with Crippen LogP contribution in [-0.2, 0) is 0 Å². The van der Waals surface area contributed by atoms with Crippen LogP contribution in [0.1, 0.15) is 40.3 Å². The number of halogens is 1. The topological polar surface area (TPSA) is 116 Å². The summed E-state index contributed by atoms with van der Waals surface area (Å²) in [7, 11) is 1.44. The fourth-order valence-electron chi connectivity index (χ4n) is 3.63. The van der Waals surface area contributed by atoms with Crippen molar-refractivity contribution in [2.24, 2.45) is 0 Å². The monoisotopic (exact) mass is 493 g/mol. The molecule has 0 spiro atoms. The van der Waals surface area contributed by atoms with E-state index in [-0.39, 0.29) is 34.9 Å². The van der Waals surface area contributed by atoms with Crippen LogP contribution in [0.5, 0.6) is 5.88 Å². The molecule has 0 radical (unpaired) electrons. The van der Waals surface area contributed by atoms with Crippen molar-refractivity contribution >= 4 is 46.2 Å². The van der Waals surface area contributed by atoms with Gasteiger partial charge in [-0.3, -0.25) is 9.59 Å². The molecule has 180 valence electrons. The Balaban J connectivity index is 1.84. The number of amides is 2. The summed E-state index contributed by atoms with van der Waals surface area (Å²) in [5.41, 5.74) is 1.80. The highest BCUT2D eigenvalue weighted by atomic mass is 35.5. The smallest absolute Gasteiger partial charge is 0.274 e. The van der Waals surface area contributed by atoms with E-state index < -0.39 is 5.91 Å². The normalized spacial score (nSPS) is 11.0. The zero-order valence-corrected chi connectivity index (χ0v) is 20.4. The molecule has 0 aliphatic rings. The summed E-state index contributed by atoms with van der Waals surface area (Å²) < 4.78 is 8.05. The third-order valence-electron chi connectivity index (χ3n) is 5.15. The van der Waals surface area contributed by atoms with Crippen molar-refractivity contribution in [3.63, 3.8) is 0 Å². The van der Waals surface area contributed by atoms with Crippen molar-refractivity contribution in [3.05, 3.63) is 65.1 Å². The quantitative estimate of drug-likeness (QED) is 0.401. The van der Waals surface area contributed by atoms with Crippen molar-refractivity contribution in [1.82, 2.24) is 29.9 Å². The maximum Gasteiger partial charge on any atom is 0.274 e. The number of ether oxygens (including phenoxy) is 1. The maximum absolute atomic E-state index is 13.5. The number of aromatic nitrogens is 5. The minimum Gasteiger partial charge on any atom is -0.480 e. The number of aryl methyl sites for hydroxylation is 1. The van der Waals surface area contributed by atoms with Crippen LogP contribution in [0.2, 0.25) is 5.02 Å². The van der Waals surface area contributed by atoms with Gasteiger partial charge >= 0.3 is 0 Å². The van der Waals surface area contributed by atoms with E-state index in [2.05, 4.69) is 32.4 Å². The first-order valence-corrected chi connectivity index (χ1v) is 11.1. The van der Waals surface area contributed by atoms with Gasteiger partial charge in [-0.25, -0.2) is 14.3 Å². The van der Waals surface area contributed by atoms with Crippen LogP contribution >= 0.6 is 11.6 Å². The Bertz CT molecular complexity index is 1460. The van der Waals surface area contributed by atoms with Crippen molar-refractivity contribution in [1.29, 1.82) is 0 Å². The largest absolute Gasteiger partial charge is 0.480 e. The van der Waals surface area contributed by atoms with Gasteiger partial charge in [0.2, 0.25) is 5.88 Å². The van der Waals surface area contributed by atoms with Crippen LogP contribution in [0.4, 0.5) is 5.69 Å². The maximum atomic E-state index is 13.5. The van der Waals surface area contributed by atoms with E-state index in [1.165, 1.54) is 28.7 Å². The Hall–Kier alpha value is -4.18. The summed E-state index contributed by atoms with van der Waals surface area (Å²) in [6.45, 7) is 9.24. The van der Waals surface area contributed by atoms with Crippen molar-refractivity contribution in [2.45, 2.75) is 26.8 Å². The molecule has 2 amide bonds. The molecule has 0 atom stereocenters. The SMILES string of the molecule is C=Cn1cc2cc(C)c(NC(=O)c3cc(OC)nn3-c3ncccc3Cl)c(C(=O)NC(C)C)c2n1. The standard InChI is InChI=1S/C24H24ClN7O3/c1-6-31-12-15-10-14(4)20(19(21(15)30-31)24(34)27-13(2)3)28-23(33)17-11-18(35-5)29-32(17)22-16(25)8-7-9-26-22/h6-13H,1H2,2-5H3,(H,27,34)(H,28,33). The van der Waals surface area contributed by atoms with Crippen molar-refractivity contribution in [3.8, 4) is 11.7 Å². The van der Waals surface area contributed by atoms with E-state index in [4.69, 9.17) is 16.3 Å². The lowest BCUT2D eigenvalue weighted by atomic mass is 10.0. The zero-order chi connectivity index (χ0) is 25.3. The van der Waals surface area contributed by atoms with E-state index in [0.29, 0.717) is 21.8 Å². The minimum atomic E-state index is -0.535. The fourth-order valence-corrected chi connectivity index (χ4v) is 3.83. The molecule has 3 aromatic heterocycles. The number of rotatable bonds is 7. The number of benzene rings is 1. The van der Waals surface area contributed by atoms with Crippen molar-refractivity contribution < 1.29 is 14.3 Å². The third kappa shape index (κ3) is 4.60. The molecule has 4 aromatic rings. The molecule has 0 aliphatic heterocycles. The van der Waals surface area contributed by atoms with Crippen LogP contribution in [0.15, 0.2) is 43.2 Å². The van der Waals surface area contributed by atoms with Gasteiger partial charge in [-0.2, -0.15) is 5.10 Å². The number of carbonyl (C=O) groups is 2. The minimum absolute atomic E-state index is 0.119. The third-order valence-corrected chi connectivity index (χ3v) is 5.45. The first-order valence-electron chi connectivity index (χ1n) is 10.8. The molecule has 35 heavy (non-hydrogen) atoms. The average molecular weight is 494 g/mol. The van der Waals surface area contributed by atoms with E-state index in [9.17, 15) is 9.59 Å². The highest BCUT2D eigenvalue weighted by molar-refractivity contribution is 6.32. The lowest BCUT2D eigenvalue weighted by Crippen LogP contribution is -2.31. The number of hydrogen-bond donors (Lipinski definition) is 2. The first-order chi connectivity index (χ1) is 16.7. The van der Waals surface area contributed by atoms with Gasteiger partial charge in [0.15, 0.2) is 5.82 Å². The highest BCUT2D eigenvalue weighted by Gasteiger charge is 2.25. The van der Waals surface area contributed by atoms with E-state index in [1.54, 1.807) is 31.5 Å². The summed E-state index contributed by atoms with van der Waals surface area (Å²) in [6, 6.07) is 6.50. The zero-order valence-electron chi connectivity index (χ0n) is 19.7. The summed E-state index contributed by atoms with van der Waals surface area (Å²) >= 11 is 6.30. The number of carbonyl (C=O) groups excluding carboxylic acids is 2. The Kier molecular flexibility index (Phi) is 6.57. The number of anilines is 1. The molecule has 0 saturated carbocycles. The molecule has 11 heteroatoms. The molecule has 3 heterocycles. The second kappa shape index (κ2) is 9.59. The number of nitrogens with one attached hydrogen (secondary N) is 2. The molecular formula is C24H24ClN7O3. The second-order valence-electron chi connectivity index (χ2n) is 8.05. The Labute approximate surface area is 206 Å². The lowest BCUT2D eigenvalue weighted by molar-refractivity contribution is 0.0945. The number of fused-ring (bicyclic) bond motifs is 1. The van der Waals surface area contributed by atoms with Gasteiger partial charge in [-0.1, -0.05) is 18.2 Å². The Morgan fingerprint density at radius 1 is 1.23 bits per heavy atom. The molecule has 0 fully saturated rings. The molecule has 0 aliphatic carbocycles. The molecule has 0 bridgehead atoms. The fraction of sp³-hybridized carbons (Fsp3) is 0.208. The van der Waals surface area contributed by atoms with Crippen LogP contribution in [0, 0.1) is 6.92 Å². The van der Waals surface area contributed by atoms with Crippen LogP contribution in [0.3, 0.4) is 0 Å². The van der Waals surface area contributed by atoms with Gasteiger partial charge in [-0.05, 0) is 44.5 Å². The van der Waals surface area contributed by atoms with Gasteiger partial charge in [0.25, 0.3) is 11.8 Å². The second-order valence-corrected chi connectivity index (χ2v) is 8.46. The van der Waals surface area contributed by atoms with Gasteiger partial charge in [0.1, 0.15) is 11.2 Å². The van der Waals surface area contributed by atoms with E-state index in [0.717, 1.165) is 5.39 Å². The lowest BCUT2D eigenvalue weighted by Gasteiger charge is -2.16. The number of methoxy groups -OCH3 is 1. The first kappa shape index (κ1) is 24.0. The van der Waals surface area contributed by atoms with Gasteiger partial charge in [0.05, 0.1) is 23.4 Å². The molecule has 10 nitrogen and oxygen atoms in total. The summed E-state index contributed by atoms with van der Waals surface area (Å²) in [5.74, 6) is -0.437. The van der Waals surface area contributed by atoms with Gasteiger partial charge in [-0.15, -0.1) is 5.10 Å². The van der Waals surface area contributed by atoms with E-state index >= 15 is 0 Å². The predicted octanol–water partition coefficient (Wildman–Crippen LogP) is 4.08. The van der Waals surface area contributed by atoms with Crippen LogP contribution in [0.25, 0.3) is 22.9 Å². The van der Waals surface area contributed by atoms with Crippen molar-refractivity contribution in [2.75, 3.05) is 12.4 Å². The number of pyridine rings is 1. The summed E-state index contributed by atoms with van der Waals surface area (Å²) in [4.78, 5) is 31.0. The summed E-state index contributed by atoms with van der Waals surface area (Å²) in [6.07, 6.45) is 4.83. The van der Waals surface area contributed by atoms with Crippen LogP contribution < -0.4 is 15.4 Å². The number of hydrogen-bond acceptors (Lipinski definition) is 6. The predicted molar refractivity (Wildman–Crippen MR) is 134 cm³/mol. The van der Waals surface area contributed by atoms with Gasteiger partial charge in [0, 0.05) is 36.1 Å². The van der Waals surface area contributed by atoms with Crippen LogP contribution in [-0.4, -0.2) is 49.5 Å².